The predicted octanol–water partition coefficient (Wildman–Crippen LogP) is 3.79. The average molecular weight is 450 g/mol. The van der Waals surface area contributed by atoms with Crippen LogP contribution in [-0.2, 0) is 6.54 Å². The number of nitro benzene ring substituents is 1. The normalized spacial score (nSPS) is 15.2. The van der Waals surface area contributed by atoms with Crippen molar-refractivity contribution in [2.24, 2.45) is 0 Å². The Morgan fingerprint density at radius 2 is 1.96 bits per heavy atom. The van der Waals surface area contributed by atoms with Crippen LogP contribution in [0.4, 0.5) is 11.4 Å². The molecule has 1 saturated heterocycles. The maximum absolute atomic E-state index is 10.8. The third-order valence-electron chi connectivity index (χ3n) is 4.41. The fraction of sp³-hybridized carbons (Fsp3) is 0.294. The molecule has 0 spiro atoms. The molecule has 0 N–H and O–H groups in total. The minimum atomic E-state index is -0.380. The van der Waals surface area contributed by atoms with Gasteiger partial charge in [0.25, 0.3) is 5.69 Å². The third kappa shape index (κ3) is 4.18. The van der Waals surface area contributed by atoms with Crippen molar-refractivity contribution < 1.29 is 9.45 Å². The first-order valence-corrected chi connectivity index (χ1v) is 10.0. The molecule has 1 aromatic carbocycles. The summed E-state index contributed by atoms with van der Waals surface area (Å²) in [6, 6.07) is 8.67. The van der Waals surface area contributed by atoms with Crippen molar-refractivity contribution in [3.05, 3.63) is 56.2 Å². The molecular weight excluding hydrogens is 434 g/mol. The zero-order chi connectivity index (χ0) is 18.8. The van der Waals surface area contributed by atoms with Gasteiger partial charge in [-0.15, -0.1) is 11.3 Å². The van der Waals surface area contributed by atoms with Crippen molar-refractivity contribution >= 4 is 38.6 Å². The van der Waals surface area contributed by atoms with Crippen molar-refractivity contribution in [1.82, 2.24) is 15.0 Å². The summed E-state index contributed by atoms with van der Waals surface area (Å²) in [7, 11) is 0. The second-order valence-corrected chi connectivity index (χ2v) is 8.00. The predicted molar refractivity (Wildman–Crippen MR) is 106 cm³/mol. The van der Waals surface area contributed by atoms with Crippen LogP contribution >= 0.6 is 27.3 Å². The number of thiophene rings is 1. The summed E-state index contributed by atoms with van der Waals surface area (Å²) in [5.74, 6) is 1.23. The van der Waals surface area contributed by atoms with Gasteiger partial charge in [0, 0.05) is 53.9 Å². The third-order valence-corrected chi connectivity index (χ3v) is 6.10. The second-order valence-electron chi connectivity index (χ2n) is 6.18. The van der Waals surface area contributed by atoms with Gasteiger partial charge in [-0.2, -0.15) is 4.98 Å². The number of piperazine rings is 1. The topological polar surface area (TPSA) is 88.5 Å². The van der Waals surface area contributed by atoms with E-state index in [9.17, 15) is 10.1 Å². The Bertz CT molecular complexity index is 934. The lowest BCUT2D eigenvalue weighted by molar-refractivity contribution is -0.384. The van der Waals surface area contributed by atoms with Gasteiger partial charge in [-0.3, -0.25) is 15.0 Å². The summed E-state index contributed by atoms with van der Waals surface area (Å²) in [6.07, 6.45) is 0. The molecule has 27 heavy (non-hydrogen) atoms. The maximum Gasteiger partial charge on any atom is 0.269 e. The highest BCUT2D eigenvalue weighted by atomic mass is 79.9. The van der Waals surface area contributed by atoms with Gasteiger partial charge in [0.2, 0.25) is 11.7 Å². The molecule has 0 aliphatic carbocycles. The molecule has 1 fully saturated rings. The van der Waals surface area contributed by atoms with E-state index in [4.69, 9.17) is 4.52 Å². The van der Waals surface area contributed by atoms with Gasteiger partial charge in [0.1, 0.15) is 0 Å². The van der Waals surface area contributed by atoms with Crippen LogP contribution in [0, 0.1) is 10.1 Å². The Balaban J connectivity index is 1.33. The number of anilines is 1. The quantitative estimate of drug-likeness (QED) is 0.432. The summed E-state index contributed by atoms with van der Waals surface area (Å²) in [6.45, 7) is 4.03. The zero-order valence-electron chi connectivity index (χ0n) is 14.2. The molecule has 2 aromatic heterocycles. The highest BCUT2D eigenvalue weighted by molar-refractivity contribution is 9.10. The Hall–Kier alpha value is -2.30. The summed E-state index contributed by atoms with van der Waals surface area (Å²) in [4.78, 5) is 20.3. The van der Waals surface area contributed by atoms with E-state index in [2.05, 4.69) is 35.9 Å². The van der Waals surface area contributed by atoms with Crippen molar-refractivity contribution in [2.45, 2.75) is 6.54 Å². The lowest BCUT2D eigenvalue weighted by Crippen LogP contribution is -2.46. The van der Waals surface area contributed by atoms with Gasteiger partial charge in [-0.05, 0) is 34.1 Å². The molecule has 0 unspecified atom stereocenters. The average Bonchev–Trinajstić information content (AvgIpc) is 3.31. The Labute approximate surface area is 167 Å². The van der Waals surface area contributed by atoms with Crippen molar-refractivity contribution in [3.63, 3.8) is 0 Å². The number of aromatic nitrogens is 2. The number of benzene rings is 1. The molecule has 0 saturated carbocycles. The molecule has 1 aliphatic rings. The van der Waals surface area contributed by atoms with Crippen LogP contribution in [0.1, 0.15) is 5.89 Å². The van der Waals surface area contributed by atoms with E-state index in [1.54, 1.807) is 35.6 Å². The van der Waals surface area contributed by atoms with E-state index in [0.29, 0.717) is 18.3 Å². The van der Waals surface area contributed by atoms with Gasteiger partial charge in [-0.1, -0.05) is 5.16 Å². The maximum atomic E-state index is 10.8. The highest BCUT2D eigenvalue weighted by Crippen LogP contribution is 2.28. The fourth-order valence-corrected chi connectivity index (χ4v) is 4.34. The van der Waals surface area contributed by atoms with Gasteiger partial charge in [0.05, 0.1) is 16.3 Å². The number of hydrogen-bond donors (Lipinski definition) is 0. The van der Waals surface area contributed by atoms with E-state index in [1.165, 1.54) is 0 Å². The number of hydrogen-bond acceptors (Lipinski definition) is 8. The van der Waals surface area contributed by atoms with Crippen molar-refractivity contribution in [1.29, 1.82) is 0 Å². The van der Waals surface area contributed by atoms with E-state index in [0.717, 1.165) is 41.2 Å². The lowest BCUT2D eigenvalue weighted by Gasteiger charge is -2.35. The van der Waals surface area contributed by atoms with Crippen LogP contribution in [0.3, 0.4) is 0 Å². The Morgan fingerprint density at radius 3 is 2.59 bits per heavy atom. The first-order valence-electron chi connectivity index (χ1n) is 8.37. The molecule has 1 aliphatic heterocycles. The van der Waals surface area contributed by atoms with Crippen LogP contribution < -0.4 is 4.90 Å². The van der Waals surface area contributed by atoms with E-state index >= 15 is 0 Å². The first kappa shape index (κ1) is 18.1. The summed E-state index contributed by atoms with van der Waals surface area (Å²) >= 11 is 5.00. The fourth-order valence-electron chi connectivity index (χ4n) is 2.99. The summed E-state index contributed by atoms with van der Waals surface area (Å²) in [5, 5.41) is 16.8. The van der Waals surface area contributed by atoms with Crippen LogP contribution in [0.25, 0.3) is 10.7 Å². The molecule has 10 heteroatoms. The molecule has 0 atom stereocenters. The van der Waals surface area contributed by atoms with E-state index in [-0.39, 0.29) is 10.6 Å². The molecule has 0 bridgehead atoms. The molecule has 0 radical (unpaired) electrons. The molecule has 0 amide bonds. The highest BCUT2D eigenvalue weighted by Gasteiger charge is 2.20. The molecule has 3 aromatic rings. The van der Waals surface area contributed by atoms with Gasteiger partial charge >= 0.3 is 0 Å². The molecule has 140 valence electrons. The zero-order valence-corrected chi connectivity index (χ0v) is 16.6. The standard InChI is InChI=1S/C17H16BrN5O3S/c18-12-9-15(27-11-12)17-19-16(26-20-17)10-21-5-7-22(8-6-21)13-1-3-14(4-2-13)23(24)25/h1-4,9,11H,5-8,10H2. The largest absolute Gasteiger partial charge is 0.369 e. The summed E-state index contributed by atoms with van der Waals surface area (Å²) < 4.78 is 6.40. The van der Waals surface area contributed by atoms with Gasteiger partial charge < -0.3 is 9.42 Å². The number of rotatable bonds is 5. The van der Waals surface area contributed by atoms with Crippen LogP contribution in [0.5, 0.6) is 0 Å². The van der Waals surface area contributed by atoms with Crippen molar-refractivity contribution in [2.75, 3.05) is 31.1 Å². The molecule has 8 nitrogen and oxygen atoms in total. The number of non-ortho nitro benzene ring substituents is 1. The molecular formula is C17H16BrN5O3S. The minimum absolute atomic E-state index is 0.113. The smallest absolute Gasteiger partial charge is 0.269 e. The number of nitro groups is 1. The first-order chi connectivity index (χ1) is 13.1. The van der Waals surface area contributed by atoms with E-state index in [1.807, 2.05) is 11.4 Å². The lowest BCUT2D eigenvalue weighted by atomic mass is 10.2. The second kappa shape index (κ2) is 7.75. The number of halogens is 1. The van der Waals surface area contributed by atoms with E-state index < -0.39 is 0 Å². The summed E-state index contributed by atoms with van der Waals surface area (Å²) in [5.41, 5.74) is 1.12. The monoisotopic (exact) mass is 449 g/mol. The van der Waals surface area contributed by atoms with Crippen LogP contribution in [-0.4, -0.2) is 46.1 Å². The molecule has 3 heterocycles. The SMILES string of the molecule is O=[N+]([O-])c1ccc(N2CCN(Cc3nc(-c4cc(Br)cs4)no3)CC2)cc1. The van der Waals surface area contributed by atoms with Gasteiger partial charge in [0.15, 0.2) is 0 Å². The van der Waals surface area contributed by atoms with Gasteiger partial charge in [-0.25, -0.2) is 0 Å². The van der Waals surface area contributed by atoms with Crippen LogP contribution in [0.2, 0.25) is 0 Å². The van der Waals surface area contributed by atoms with Crippen LogP contribution in [0.15, 0.2) is 44.7 Å². The van der Waals surface area contributed by atoms with Crippen molar-refractivity contribution in [3.8, 4) is 10.7 Å². The number of nitrogens with zero attached hydrogens (tertiary/aromatic N) is 5. The Kier molecular flexibility index (Phi) is 5.19. The Morgan fingerprint density at radius 1 is 1.22 bits per heavy atom. The minimum Gasteiger partial charge on any atom is -0.369 e. The molecule has 4 rings (SSSR count).